The zero-order valence-electron chi connectivity index (χ0n) is 15.9. The van der Waals surface area contributed by atoms with E-state index in [0.29, 0.717) is 4.90 Å². The first-order valence-corrected chi connectivity index (χ1v) is 9.34. The van der Waals surface area contributed by atoms with E-state index in [1.807, 2.05) is 0 Å². The van der Waals surface area contributed by atoms with Crippen molar-refractivity contribution < 1.29 is 33.1 Å². The number of urea groups is 1. The molecule has 0 saturated carbocycles. The SMILES string of the molecule is CN1C(=O)N(Cc2cc(F)ccc2F)C(=O)[C@@]12C(=O)N(CC(=O)O)c1ccc(Cl)cc12. The summed E-state index contributed by atoms with van der Waals surface area (Å²) in [4.78, 5) is 53.5. The number of likely N-dealkylation sites (N-methyl/N-ethyl adjacent to an activating group) is 1. The fraction of sp³-hybridized carbons (Fsp3) is 0.200. The highest BCUT2D eigenvalue weighted by Crippen LogP contribution is 2.49. The second kappa shape index (κ2) is 7.02. The number of imide groups is 1. The first-order chi connectivity index (χ1) is 14.6. The zero-order valence-corrected chi connectivity index (χ0v) is 16.7. The Morgan fingerprint density at radius 2 is 1.74 bits per heavy atom. The van der Waals surface area contributed by atoms with Crippen molar-refractivity contribution in [2.75, 3.05) is 18.5 Å². The number of benzene rings is 2. The Kier molecular flexibility index (Phi) is 4.69. The van der Waals surface area contributed by atoms with Crippen LogP contribution in [-0.2, 0) is 26.5 Å². The van der Waals surface area contributed by atoms with Crippen LogP contribution in [0, 0.1) is 11.6 Å². The number of carbonyl (C=O) groups excluding carboxylic acids is 3. The summed E-state index contributed by atoms with van der Waals surface area (Å²) in [7, 11) is 1.20. The van der Waals surface area contributed by atoms with E-state index in [9.17, 15) is 33.1 Å². The normalized spacial score (nSPS) is 20.3. The Labute approximate surface area is 179 Å². The molecule has 2 aromatic carbocycles. The molecule has 8 nitrogen and oxygen atoms in total. The van der Waals surface area contributed by atoms with Gasteiger partial charge in [-0.1, -0.05) is 11.6 Å². The first-order valence-electron chi connectivity index (χ1n) is 8.96. The van der Waals surface area contributed by atoms with Crippen LogP contribution in [0.4, 0.5) is 19.3 Å². The maximum Gasteiger partial charge on any atom is 0.328 e. The molecule has 1 spiro atoms. The van der Waals surface area contributed by atoms with E-state index in [4.69, 9.17) is 11.6 Å². The molecule has 0 unspecified atom stereocenters. The molecule has 1 N–H and O–H groups in total. The lowest BCUT2D eigenvalue weighted by molar-refractivity contribution is -0.143. The van der Waals surface area contributed by atoms with Crippen molar-refractivity contribution in [3.8, 4) is 0 Å². The smallest absolute Gasteiger partial charge is 0.328 e. The van der Waals surface area contributed by atoms with Crippen LogP contribution in [-0.4, -0.2) is 52.3 Å². The second-order valence-corrected chi connectivity index (χ2v) is 7.56. The quantitative estimate of drug-likeness (QED) is 0.570. The molecule has 0 radical (unpaired) electrons. The van der Waals surface area contributed by atoms with Gasteiger partial charge in [-0.3, -0.25) is 24.2 Å². The summed E-state index contributed by atoms with van der Waals surface area (Å²) in [6.45, 7) is -1.36. The Morgan fingerprint density at radius 3 is 2.42 bits per heavy atom. The van der Waals surface area contributed by atoms with E-state index in [1.165, 1.54) is 25.2 Å². The molecule has 1 fully saturated rings. The topological polar surface area (TPSA) is 98.2 Å². The molecule has 2 aromatic rings. The van der Waals surface area contributed by atoms with Gasteiger partial charge in [-0.15, -0.1) is 0 Å². The van der Waals surface area contributed by atoms with Crippen molar-refractivity contribution in [3.63, 3.8) is 0 Å². The average Bonchev–Trinajstić information content (AvgIpc) is 3.05. The van der Waals surface area contributed by atoms with Crippen molar-refractivity contribution in [2.45, 2.75) is 12.1 Å². The van der Waals surface area contributed by atoms with Crippen molar-refractivity contribution in [1.82, 2.24) is 9.80 Å². The van der Waals surface area contributed by atoms with Gasteiger partial charge in [-0.05, 0) is 36.4 Å². The fourth-order valence-corrected chi connectivity index (χ4v) is 4.17. The molecule has 2 aliphatic rings. The largest absolute Gasteiger partial charge is 0.480 e. The Balaban J connectivity index is 1.85. The molecule has 0 aliphatic carbocycles. The fourth-order valence-electron chi connectivity index (χ4n) is 4.00. The van der Waals surface area contributed by atoms with Gasteiger partial charge >= 0.3 is 12.0 Å². The van der Waals surface area contributed by atoms with Gasteiger partial charge in [0.25, 0.3) is 11.8 Å². The van der Waals surface area contributed by atoms with E-state index in [0.717, 1.165) is 28.0 Å². The highest BCUT2D eigenvalue weighted by molar-refractivity contribution is 6.32. The maximum atomic E-state index is 14.1. The van der Waals surface area contributed by atoms with Gasteiger partial charge in [0.1, 0.15) is 18.2 Å². The molecule has 31 heavy (non-hydrogen) atoms. The number of fused-ring (bicyclic) bond motifs is 2. The minimum atomic E-state index is -2.20. The van der Waals surface area contributed by atoms with Crippen LogP contribution in [0.3, 0.4) is 0 Å². The molecule has 4 amide bonds. The highest BCUT2D eigenvalue weighted by Gasteiger charge is 2.67. The number of hydrogen-bond donors (Lipinski definition) is 1. The first kappa shape index (κ1) is 20.7. The van der Waals surface area contributed by atoms with Crippen molar-refractivity contribution >= 4 is 41.1 Å². The molecular formula is C20H14ClF2N3O5. The van der Waals surface area contributed by atoms with Crippen molar-refractivity contribution in [1.29, 1.82) is 0 Å². The van der Waals surface area contributed by atoms with E-state index in [1.54, 1.807) is 0 Å². The summed E-state index contributed by atoms with van der Waals surface area (Å²) in [5.74, 6) is -4.88. The molecule has 4 rings (SSSR count). The van der Waals surface area contributed by atoms with Crippen LogP contribution in [0.5, 0.6) is 0 Å². The van der Waals surface area contributed by atoms with Gasteiger partial charge in [-0.25, -0.2) is 13.6 Å². The summed E-state index contributed by atoms with van der Waals surface area (Å²) in [5, 5.41) is 9.38. The van der Waals surface area contributed by atoms with Crippen LogP contribution in [0.25, 0.3) is 0 Å². The van der Waals surface area contributed by atoms with Gasteiger partial charge in [0.05, 0.1) is 12.2 Å². The van der Waals surface area contributed by atoms with Crippen LogP contribution < -0.4 is 4.90 Å². The lowest BCUT2D eigenvalue weighted by atomic mass is 9.90. The lowest BCUT2D eigenvalue weighted by Crippen LogP contribution is -2.53. The molecule has 0 aromatic heterocycles. The van der Waals surface area contributed by atoms with E-state index in [-0.39, 0.29) is 21.8 Å². The zero-order chi connectivity index (χ0) is 22.7. The van der Waals surface area contributed by atoms with Crippen LogP contribution in [0.1, 0.15) is 11.1 Å². The van der Waals surface area contributed by atoms with Gasteiger partial charge in [0.2, 0.25) is 5.54 Å². The number of hydrogen-bond acceptors (Lipinski definition) is 4. The standard InChI is InChI=1S/C20H14ClF2N3O5/c1-24-19(31)26(8-10-6-12(22)3-4-14(10)23)18(30)20(24)13-7-11(21)2-5-15(13)25(17(20)29)9-16(27)28/h2-7H,8-9H2,1H3,(H,27,28)/t20-/m1/s1. The Bertz CT molecular complexity index is 1170. The molecule has 0 bridgehead atoms. The minimum absolute atomic E-state index is 0.0364. The number of halogens is 3. The van der Waals surface area contributed by atoms with Crippen LogP contribution >= 0.6 is 11.6 Å². The number of rotatable bonds is 4. The van der Waals surface area contributed by atoms with Gasteiger partial charge in [-0.2, -0.15) is 0 Å². The molecule has 160 valence electrons. The van der Waals surface area contributed by atoms with E-state index >= 15 is 0 Å². The molecule has 2 aliphatic heterocycles. The summed E-state index contributed by atoms with van der Waals surface area (Å²) in [6, 6.07) is 5.78. The average molecular weight is 450 g/mol. The Hall–Kier alpha value is -3.53. The lowest BCUT2D eigenvalue weighted by Gasteiger charge is -2.27. The molecule has 2 heterocycles. The summed E-state index contributed by atoms with van der Waals surface area (Å²) < 4.78 is 27.7. The number of anilines is 1. The molecule has 11 heteroatoms. The number of carboxylic acids is 1. The minimum Gasteiger partial charge on any atom is -0.480 e. The third-order valence-corrected chi connectivity index (χ3v) is 5.63. The maximum absolute atomic E-state index is 14.1. The Morgan fingerprint density at radius 1 is 1.06 bits per heavy atom. The highest BCUT2D eigenvalue weighted by atomic mass is 35.5. The monoisotopic (exact) mass is 449 g/mol. The number of aliphatic carboxylic acids is 1. The third-order valence-electron chi connectivity index (χ3n) is 5.40. The van der Waals surface area contributed by atoms with E-state index < -0.39 is 54.1 Å². The predicted molar refractivity (Wildman–Crippen MR) is 103 cm³/mol. The molecular weight excluding hydrogens is 436 g/mol. The van der Waals surface area contributed by atoms with Crippen molar-refractivity contribution in [3.05, 3.63) is 64.2 Å². The van der Waals surface area contributed by atoms with Gasteiger partial charge in [0.15, 0.2) is 0 Å². The van der Waals surface area contributed by atoms with Gasteiger partial charge in [0, 0.05) is 23.2 Å². The van der Waals surface area contributed by atoms with Gasteiger partial charge < -0.3 is 10.0 Å². The van der Waals surface area contributed by atoms with Crippen LogP contribution in [0.2, 0.25) is 5.02 Å². The summed E-state index contributed by atoms with van der Waals surface area (Å²) in [5.41, 5.74) is -2.31. The summed E-state index contributed by atoms with van der Waals surface area (Å²) in [6.07, 6.45) is 0. The van der Waals surface area contributed by atoms with Crippen molar-refractivity contribution in [2.24, 2.45) is 0 Å². The van der Waals surface area contributed by atoms with E-state index in [2.05, 4.69) is 0 Å². The predicted octanol–water partition coefficient (Wildman–Crippen LogP) is 2.34. The molecule has 1 atom stereocenters. The number of amides is 4. The number of carboxylic acid groups (broad SMARTS) is 1. The third kappa shape index (κ3) is 2.86. The molecule has 1 saturated heterocycles. The number of carbonyl (C=O) groups is 4. The second-order valence-electron chi connectivity index (χ2n) is 7.13. The number of nitrogens with zero attached hydrogens (tertiary/aromatic N) is 3. The van der Waals surface area contributed by atoms with Crippen LogP contribution in [0.15, 0.2) is 36.4 Å². The summed E-state index contributed by atoms with van der Waals surface area (Å²) >= 11 is 6.06.